The van der Waals surface area contributed by atoms with Gasteiger partial charge in [0.25, 0.3) is 5.91 Å². The molecule has 1 aromatic carbocycles. The van der Waals surface area contributed by atoms with Crippen molar-refractivity contribution in [3.63, 3.8) is 0 Å². The molecule has 2 saturated heterocycles. The van der Waals surface area contributed by atoms with Crippen LogP contribution in [-0.2, 0) is 0 Å². The number of carbonyl (C=O) groups is 1. The Morgan fingerprint density at radius 3 is 2.48 bits per heavy atom. The van der Waals surface area contributed by atoms with E-state index in [2.05, 4.69) is 51.7 Å². The van der Waals surface area contributed by atoms with E-state index in [0.29, 0.717) is 24.8 Å². The Kier molecular flexibility index (Phi) is 5.11. The number of aromatic nitrogens is 3. The minimum Gasteiger partial charge on any atom is -0.368 e. The van der Waals surface area contributed by atoms with E-state index in [9.17, 15) is 4.79 Å². The number of para-hydroxylation sites is 1. The Hall–Kier alpha value is -2.41. The molecule has 2 aliphatic heterocycles. The van der Waals surface area contributed by atoms with Gasteiger partial charge in [-0.05, 0) is 51.4 Å². The molecule has 0 saturated carbocycles. The summed E-state index contributed by atoms with van der Waals surface area (Å²) in [4.78, 5) is 17.3. The second-order valence-corrected chi connectivity index (χ2v) is 7.51. The number of nitrogens with zero attached hydrogens (tertiary/aromatic N) is 5. The minimum absolute atomic E-state index is 0.0112. The summed E-state index contributed by atoms with van der Waals surface area (Å²) in [5, 5.41) is 11.9. The van der Waals surface area contributed by atoms with E-state index >= 15 is 0 Å². The van der Waals surface area contributed by atoms with Crippen LogP contribution in [0.4, 0.5) is 5.69 Å². The highest BCUT2D eigenvalue weighted by Gasteiger charge is 2.28. The Balaban J connectivity index is 1.42. The number of nitrogens with one attached hydrogen (secondary N) is 1. The molecular weight excluding hydrogens is 340 g/mol. The second-order valence-electron chi connectivity index (χ2n) is 7.51. The van der Waals surface area contributed by atoms with Crippen molar-refractivity contribution in [3.8, 4) is 0 Å². The minimum atomic E-state index is 0.0112. The van der Waals surface area contributed by atoms with Gasteiger partial charge < -0.3 is 15.1 Å². The van der Waals surface area contributed by atoms with Crippen LogP contribution in [0.25, 0.3) is 0 Å². The summed E-state index contributed by atoms with van der Waals surface area (Å²) in [5.74, 6) is 0.0112. The fraction of sp³-hybridized carbons (Fsp3) is 0.550. The van der Waals surface area contributed by atoms with Crippen LogP contribution in [0.2, 0.25) is 0 Å². The fourth-order valence-corrected chi connectivity index (χ4v) is 4.15. The third-order valence-electron chi connectivity index (χ3n) is 5.81. The Bertz CT molecular complexity index is 803. The van der Waals surface area contributed by atoms with E-state index in [0.717, 1.165) is 44.7 Å². The summed E-state index contributed by atoms with van der Waals surface area (Å²) in [5.41, 5.74) is 3.95. The van der Waals surface area contributed by atoms with Crippen molar-refractivity contribution in [1.82, 2.24) is 25.2 Å². The molecule has 0 unspecified atom stereocenters. The molecule has 1 N–H and O–H groups in total. The molecule has 0 bridgehead atoms. The van der Waals surface area contributed by atoms with E-state index in [1.54, 1.807) is 0 Å². The summed E-state index contributed by atoms with van der Waals surface area (Å²) in [7, 11) is 0. The number of carbonyl (C=O) groups excluding carboxylic acids is 1. The van der Waals surface area contributed by atoms with E-state index in [4.69, 9.17) is 0 Å². The van der Waals surface area contributed by atoms with E-state index in [1.165, 1.54) is 11.3 Å². The smallest absolute Gasteiger partial charge is 0.276 e. The number of aryl methyl sites for hydroxylation is 1. The maximum absolute atomic E-state index is 13.0. The van der Waals surface area contributed by atoms with Gasteiger partial charge in [-0.3, -0.25) is 4.79 Å². The first-order chi connectivity index (χ1) is 13.1. The zero-order valence-corrected chi connectivity index (χ0v) is 16.2. The van der Waals surface area contributed by atoms with Gasteiger partial charge in [0.2, 0.25) is 0 Å². The SMILES string of the molecule is Cc1ccccc1N1CCN(C(=O)c2nnn(C3CCNCC3)c2C)CC1. The van der Waals surface area contributed by atoms with Crippen molar-refractivity contribution in [2.24, 2.45) is 0 Å². The number of anilines is 1. The van der Waals surface area contributed by atoms with Gasteiger partial charge in [0.1, 0.15) is 0 Å². The van der Waals surface area contributed by atoms with Crippen molar-refractivity contribution in [2.75, 3.05) is 44.2 Å². The molecule has 1 aromatic heterocycles. The first kappa shape index (κ1) is 18.0. The van der Waals surface area contributed by atoms with Gasteiger partial charge >= 0.3 is 0 Å². The maximum atomic E-state index is 13.0. The molecule has 1 amide bonds. The van der Waals surface area contributed by atoms with Gasteiger partial charge in [0.15, 0.2) is 5.69 Å². The topological polar surface area (TPSA) is 66.3 Å². The normalized spacial score (nSPS) is 18.7. The third-order valence-corrected chi connectivity index (χ3v) is 5.81. The zero-order valence-electron chi connectivity index (χ0n) is 16.2. The first-order valence-electron chi connectivity index (χ1n) is 9.87. The molecule has 2 aliphatic rings. The fourth-order valence-electron chi connectivity index (χ4n) is 4.15. The molecule has 0 radical (unpaired) electrons. The van der Waals surface area contributed by atoms with Crippen LogP contribution in [0.5, 0.6) is 0 Å². The van der Waals surface area contributed by atoms with Gasteiger partial charge in [-0.15, -0.1) is 5.10 Å². The Morgan fingerprint density at radius 1 is 1.07 bits per heavy atom. The lowest BCUT2D eigenvalue weighted by atomic mass is 10.1. The lowest BCUT2D eigenvalue weighted by Gasteiger charge is -2.36. The van der Waals surface area contributed by atoms with Gasteiger partial charge in [-0.2, -0.15) is 0 Å². The van der Waals surface area contributed by atoms with Gasteiger partial charge in [0, 0.05) is 31.9 Å². The summed E-state index contributed by atoms with van der Waals surface area (Å²) in [6.07, 6.45) is 2.07. The molecule has 144 valence electrons. The van der Waals surface area contributed by atoms with Crippen molar-refractivity contribution < 1.29 is 4.79 Å². The molecule has 0 aliphatic carbocycles. The van der Waals surface area contributed by atoms with Gasteiger partial charge in [-0.1, -0.05) is 23.4 Å². The standard InChI is InChI=1S/C20H28N6O/c1-15-5-3-4-6-18(15)24-11-13-25(14-12-24)20(27)19-16(2)26(23-22-19)17-7-9-21-10-8-17/h3-6,17,21H,7-14H2,1-2H3. The van der Waals surface area contributed by atoms with Crippen LogP contribution >= 0.6 is 0 Å². The van der Waals surface area contributed by atoms with Crippen LogP contribution in [-0.4, -0.2) is 65.1 Å². The lowest BCUT2D eigenvalue weighted by Crippen LogP contribution is -2.49. The molecule has 4 rings (SSSR count). The average Bonchev–Trinajstić information content (AvgIpc) is 3.10. The molecule has 3 heterocycles. The number of piperidine rings is 1. The number of benzene rings is 1. The predicted octanol–water partition coefficient (Wildman–Crippen LogP) is 1.78. The third kappa shape index (κ3) is 3.56. The van der Waals surface area contributed by atoms with Crippen molar-refractivity contribution in [3.05, 3.63) is 41.2 Å². The predicted molar refractivity (Wildman–Crippen MR) is 105 cm³/mol. The summed E-state index contributed by atoms with van der Waals surface area (Å²) in [6, 6.07) is 8.77. The van der Waals surface area contributed by atoms with E-state index in [1.807, 2.05) is 16.5 Å². The quantitative estimate of drug-likeness (QED) is 0.895. The van der Waals surface area contributed by atoms with Crippen LogP contribution in [0.1, 0.15) is 40.6 Å². The second kappa shape index (κ2) is 7.68. The lowest BCUT2D eigenvalue weighted by molar-refractivity contribution is 0.0740. The van der Waals surface area contributed by atoms with Crippen molar-refractivity contribution in [1.29, 1.82) is 0 Å². The molecule has 7 heteroatoms. The monoisotopic (exact) mass is 368 g/mol. The maximum Gasteiger partial charge on any atom is 0.276 e. The molecule has 7 nitrogen and oxygen atoms in total. The number of piperazine rings is 1. The first-order valence-corrected chi connectivity index (χ1v) is 9.87. The molecular formula is C20H28N6O. The molecule has 0 atom stereocenters. The summed E-state index contributed by atoms with van der Waals surface area (Å²) >= 11 is 0. The van der Waals surface area contributed by atoms with Crippen LogP contribution < -0.4 is 10.2 Å². The Labute approximate surface area is 160 Å². The summed E-state index contributed by atoms with van der Waals surface area (Å²) < 4.78 is 1.96. The van der Waals surface area contributed by atoms with Crippen molar-refractivity contribution in [2.45, 2.75) is 32.7 Å². The van der Waals surface area contributed by atoms with E-state index in [-0.39, 0.29) is 5.91 Å². The molecule has 0 spiro atoms. The van der Waals surface area contributed by atoms with Crippen LogP contribution in [0, 0.1) is 13.8 Å². The highest BCUT2D eigenvalue weighted by molar-refractivity contribution is 5.93. The molecule has 27 heavy (non-hydrogen) atoms. The molecule has 2 fully saturated rings. The van der Waals surface area contributed by atoms with Crippen molar-refractivity contribution >= 4 is 11.6 Å². The summed E-state index contributed by atoms with van der Waals surface area (Å²) in [6.45, 7) is 9.21. The molecule has 2 aromatic rings. The van der Waals surface area contributed by atoms with E-state index < -0.39 is 0 Å². The highest BCUT2D eigenvalue weighted by atomic mass is 16.2. The van der Waals surface area contributed by atoms with Crippen LogP contribution in [0.15, 0.2) is 24.3 Å². The Morgan fingerprint density at radius 2 is 1.78 bits per heavy atom. The van der Waals surface area contributed by atoms with Crippen LogP contribution in [0.3, 0.4) is 0 Å². The van der Waals surface area contributed by atoms with Gasteiger partial charge in [0.05, 0.1) is 11.7 Å². The highest BCUT2D eigenvalue weighted by Crippen LogP contribution is 2.23. The number of amides is 1. The largest absolute Gasteiger partial charge is 0.368 e. The average molecular weight is 368 g/mol. The number of hydrogen-bond acceptors (Lipinski definition) is 5. The number of rotatable bonds is 3. The van der Waals surface area contributed by atoms with Gasteiger partial charge in [-0.25, -0.2) is 4.68 Å². The zero-order chi connectivity index (χ0) is 18.8. The number of hydrogen-bond donors (Lipinski definition) is 1.